The SMILES string of the molecule is COC(=O)CCc1c(N)cccc1-n1c(=O)n(C)c2cccc(F)c21. The fourth-order valence-electron chi connectivity index (χ4n) is 2.97. The van der Waals surface area contributed by atoms with Crippen LogP contribution in [0.1, 0.15) is 12.0 Å². The van der Waals surface area contributed by atoms with Crippen molar-refractivity contribution in [3.63, 3.8) is 0 Å². The molecule has 0 unspecified atom stereocenters. The number of halogens is 1. The van der Waals surface area contributed by atoms with Gasteiger partial charge in [0.1, 0.15) is 11.3 Å². The van der Waals surface area contributed by atoms with E-state index in [0.29, 0.717) is 22.5 Å². The maximum Gasteiger partial charge on any atom is 0.333 e. The summed E-state index contributed by atoms with van der Waals surface area (Å²) in [5.74, 6) is -0.887. The smallest absolute Gasteiger partial charge is 0.333 e. The van der Waals surface area contributed by atoms with Gasteiger partial charge in [0, 0.05) is 19.2 Å². The lowest BCUT2D eigenvalue weighted by Gasteiger charge is -2.13. The summed E-state index contributed by atoms with van der Waals surface area (Å²) in [6.07, 6.45) is 0.395. The minimum Gasteiger partial charge on any atom is -0.469 e. The van der Waals surface area contributed by atoms with E-state index in [1.54, 1.807) is 37.4 Å². The number of hydrogen-bond acceptors (Lipinski definition) is 4. The van der Waals surface area contributed by atoms with Gasteiger partial charge in [-0.05, 0) is 36.2 Å². The monoisotopic (exact) mass is 343 g/mol. The van der Waals surface area contributed by atoms with Crippen LogP contribution in [0, 0.1) is 5.82 Å². The van der Waals surface area contributed by atoms with Crippen LogP contribution >= 0.6 is 0 Å². The highest BCUT2D eigenvalue weighted by molar-refractivity contribution is 5.80. The van der Waals surface area contributed by atoms with E-state index in [0.717, 1.165) is 0 Å². The Labute approximate surface area is 143 Å². The van der Waals surface area contributed by atoms with Crippen LogP contribution in [-0.2, 0) is 23.0 Å². The molecule has 7 heteroatoms. The van der Waals surface area contributed by atoms with Crippen LogP contribution in [0.2, 0.25) is 0 Å². The number of fused-ring (bicyclic) bond motifs is 1. The minimum absolute atomic E-state index is 0.111. The maximum atomic E-state index is 14.4. The lowest BCUT2D eigenvalue weighted by Crippen LogP contribution is -2.22. The predicted octanol–water partition coefficient (Wildman–Crippen LogP) is 2.16. The van der Waals surface area contributed by atoms with E-state index < -0.39 is 5.82 Å². The molecular weight excluding hydrogens is 325 g/mol. The number of esters is 1. The van der Waals surface area contributed by atoms with Crippen molar-refractivity contribution in [1.29, 1.82) is 0 Å². The van der Waals surface area contributed by atoms with Gasteiger partial charge in [0.25, 0.3) is 0 Å². The topological polar surface area (TPSA) is 79.2 Å². The Bertz CT molecular complexity index is 1020. The number of benzene rings is 2. The average molecular weight is 343 g/mol. The van der Waals surface area contributed by atoms with Crippen molar-refractivity contribution in [1.82, 2.24) is 9.13 Å². The fourth-order valence-corrected chi connectivity index (χ4v) is 2.97. The molecule has 6 nitrogen and oxygen atoms in total. The number of carbonyl (C=O) groups excluding carboxylic acids is 1. The van der Waals surface area contributed by atoms with Crippen LogP contribution in [0.25, 0.3) is 16.7 Å². The summed E-state index contributed by atoms with van der Waals surface area (Å²) in [6, 6.07) is 9.60. The fraction of sp³-hybridized carbons (Fsp3) is 0.222. The zero-order valence-electron chi connectivity index (χ0n) is 14.0. The van der Waals surface area contributed by atoms with Crippen LogP contribution < -0.4 is 11.4 Å². The second kappa shape index (κ2) is 6.43. The summed E-state index contributed by atoms with van der Waals surface area (Å²) in [4.78, 5) is 24.2. The third kappa shape index (κ3) is 2.77. The van der Waals surface area contributed by atoms with Crippen molar-refractivity contribution >= 4 is 22.7 Å². The Morgan fingerprint density at radius 1 is 1.24 bits per heavy atom. The highest BCUT2D eigenvalue weighted by atomic mass is 19.1. The Kier molecular flexibility index (Phi) is 4.31. The molecule has 0 fully saturated rings. The number of ether oxygens (including phenoxy) is 1. The molecule has 3 aromatic rings. The van der Waals surface area contributed by atoms with E-state index in [1.165, 1.54) is 22.3 Å². The third-order valence-corrected chi connectivity index (χ3v) is 4.26. The van der Waals surface area contributed by atoms with E-state index in [2.05, 4.69) is 4.74 Å². The number of anilines is 1. The lowest BCUT2D eigenvalue weighted by molar-refractivity contribution is -0.140. The molecule has 1 aromatic heterocycles. The zero-order chi connectivity index (χ0) is 18.1. The molecule has 1 heterocycles. The normalized spacial score (nSPS) is 11.0. The van der Waals surface area contributed by atoms with Crippen molar-refractivity contribution in [3.05, 3.63) is 58.3 Å². The number of nitrogen functional groups attached to an aromatic ring is 1. The summed E-state index contributed by atoms with van der Waals surface area (Å²) in [7, 11) is 2.89. The first kappa shape index (κ1) is 16.8. The number of hydrogen-bond donors (Lipinski definition) is 1. The van der Waals surface area contributed by atoms with Gasteiger partial charge in [-0.25, -0.2) is 9.18 Å². The van der Waals surface area contributed by atoms with Gasteiger partial charge in [0.2, 0.25) is 0 Å². The van der Waals surface area contributed by atoms with E-state index in [-0.39, 0.29) is 30.0 Å². The number of aryl methyl sites for hydroxylation is 1. The molecule has 0 amide bonds. The van der Waals surface area contributed by atoms with Crippen LogP contribution in [-0.4, -0.2) is 22.2 Å². The van der Waals surface area contributed by atoms with Crippen molar-refractivity contribution in [2.45, 2.75) is 12.8 Å². The largest absolute Gasteiger partial charge is 0.469 e. The van der Waals surface area contributed by atoms with E-state index in [9.17, 15) is 14.0 Å². The minimum atomic E-state index is -0.503. The Morgan fingerprint density at radius 3 is 2.68 bits per heavy atom. The molecular formula is C18H18FN3O3. The molecule has 25 heavy (non-hydrogen) atoms. The van der Waals surface area contributed by atoms with Crippen LogP contribution in [0.5, 0.6) is 0 Å². The number of rotatable bonds is 4. The van der Waals surface area contributed by atoms with E-state index in [4.69, 9.17) is 5.73 Å². The van der Waals surface area contributed by atoms with Crippen molar-refractivity contribution in [2.75, 3.05) is 12.8 Å². The molecule has 0 aliphatic heterocycles. The van der Waals surface area contributed by atoms with E-state index in [1.807, 2.05) is 0 Å². The second-order valence-electron chi connectivity index (χ2n) is 5.71. The van der Waals surface area contributed by atoms with Gasteiger partial charge >= 0.3 is 11.7 Å². The molecule has 130 valence electrons. The van der Waals surface area contributed by atoms with Crippen molar-refractivity contribution in [2.24, 2.45) is 7.05 Å². The lowest BCUT2D eigenvalue weighted by atomic mass is 10.0. The molecule has 2 aromatic carbocycles. The second-order valence-corrected chi connectivity index (χ2v) is 5.71. The Balaban J connectivity index is 2.26. The van der Waals surface area contributed by atoms with Gasteiger partial charge in [-0.15, -0.1) is 0 Å². The average Bonchev–Trinajstić information content (AvgIpc) is 2.86. The van der Waals surface area contributed by atoms with Gasteiger partial charge in [0.05, 0.1) is 18.3 Å². The zero-order valence-corrected chi connectivity index (χ0v) is 14.0. The molecule has 0 aliphatic rings. The molecule has 0 aliphatic carbocycles. The molecule has 0 spiro atoms. The number of aromatic nitrogens is 2. The standard InChI is InChI=1S/C18H18FN3O3/c1-21-15-8-3-5-12(19)17(15)22(18(21)24)14-7-4-6-13(20)11(14)9-10-16(23)25-2/h3-8H,9-10,20H2,1-2H3. The number of nitrogens with two attached hydrogens (primary N) is 1. The van der Waals surface area contributed by atoms with Crippen LogP contribution in [0.15, 0.2) is 41.2 Å². The van der Waals surface area contributed by atoms with Crippen molar-refractivity contribution in [3.8, 4) is 5.69 Å². The van der Waals surface area contributed by atoms with Crippen LogP contribution in [0.4, 0.5) is 10.1 Å². The highest BCUT2D eigenvalue weighted by Crippen LogP contribution is 2.26. The number of methoxy groups -OCH3 is 1. The Hall–Kier alpha value is -3.09. The van der Waals surface area contributed by atoms with Gasteiger partial charge in [0.15, 0.2) is 0 Å². The van der Waals surface area contributed by atoms with Crippen molar-refractivity contribution < 1.29 is 13.9 Å². The number of carbonyl (C=O) groups is 1. The molecule has 3 rings (SSSR count). The predicted molar refractivity (Wildman–Crippen MR) is 93.2 cm³/mol. The molecule has 0 saturated heterocycles. The molecule has 2 N–H and O–H groups in total. The van der Waals surface area contributed by atoms with Gasteiger partial charge in [-0.1, -0.05) is 12.1 Å². The number of para-hydroxylation sites is 1. The molecule has 0 bridgehead atoms. The summed E-state index contributed by atoms with van der Waals surface area (Å²) in [6.45, 7) is 0. The van der Waals surface area contributed by atoms with Gasteiger partial charge in [-0.2, -0.15) is 0 Å². The molecule has 0 atom stereocenters. The Morgan fingerprint density at radius 2 is 1.96 bits per heavy atom. The third-order valence-electron chi connectivity index (χ3n) is 4.26. The highest BCUT2D eigenvalue weighted by Gasteiger charge is 2.19. The summed E-state index contributed by atoms with van der Waals surface area (Å²) in [5.41, 5.74) is 7.83. The number of imidazole rings is 1. The summed E-state index contributed by atoms with van der Waals surface area (Å²) in [5, 5.41) is 0. The molecule has 0 radical (unpaired) electrons. The van der Waals surface area contributed by atoms with Gasteiger partial charge in [-0.3, -0.25) is 13.9 Å². The maximum absolute atomic E-state index is 14.4. The first-order valence-corrected chi connectivity index (χ1v) is 7.76. The van der Waals surface area contributed by atoms with Gasteiger partial charge < -0.3 is 10.5 Å². The number of nitrogens with zero attached hydrogens (tertiary/aromatic N) is 2. The van der Waals surface area contributed by atoms with Crippen LogP contribution in [0.3, 0.4) is 0 Å². The summed E-state index contributed by atoms with van der Waals surface area (Å²) < 4.78 is 21.8. The quantitative estimate of drug-likeness (QED) is 0.581. The van der Waals surface area contributed by atoms with E-state index >= 15 is 0 Å². The molecule has 0 saturated carbocycles. The first-order valence-electron chi connectivity index (χ1n) is 7.76. The first-order chi connectivity index (χ1) is 12.0. The summed E-state index contributed by atoms with van der Waals surface area (Å²) >= 11 is 0.